The fourth-order valence-electron chi connectivity index (χ4n) is 2.55. The molecular weight excluding hydrogens is 228 g/mol. The van der Waals surface area contributed by atoms with E-state index in [4.69, 9.17) is 10.5 Å². The van der Waals surface area contributed by atoms with Gasteiger partial charge in [-0.15, -0.1) is 5.10 Å². The summed E-state index contributed by atoms with van der Waals surface area (Å²) in [6, 6.07) is 6.06. The first-order valence-corrected chi connectivity index (χ1v) is 6.13. The maximum absolute atomic E-state index is 5.90. The highest BCUT2D eigenvalue weighted by atomic mass is 16.5. The van der Waals surface area contributed by atoms with Crippen LogP contribution in [-0.2, 0) is 0 Å². The summed E-state index contributed by atoms with van der Waals surface area (Å²) >= 11 is 0. The molecule has 1 aliphatic heterocycles. The van der Waals surface area contributed by atoms with E-state index < -0.39 is 0 Å². The van der Waals surface area contributed by atoms with E-state index in [-0.39, 0.29) is 6.04 Å². The van der Waals surface area contributed by atoms with Gasteiger partial charge in [-0.05, 0) is 25.5 Å². The molecule has 0 bridgehead atoms. The van der Waals surface area contributed by atoms with Crippen LogP contribution in [0.2, 0.25) is 0 Å². The molecule has 2 aromatic rings. The molecule has 3 N–H and O–H groups in total. The van der Waals surface area contributed by atoms with Gasteiger partial charge in [0, 0.05) is 5.39 Å². The smallest absolute Gasteiger partial charge is 0.154 e. The zero-order valence-corrected chi connectivity index (χ0v) is 10.3. The molecule has 3 rings (SSSR count). The highest BCUT2D eigenvalue weighted by molar-refractivity contribution is 5.96. The van der Waals surface area contributed by atoms with E-state index in [2.05, 4.69) is 15.5 Å². The lowest BCUT2D eigenvalue weighted by Crippen LogP contribution is -2.16. The summed E-state index contributed by atoms with van der Waals surface area (Å²) < 4.78 is 5.43. The fourth-order valence-corrected chi connectivity index (χ4v) is 2.55. The molecule has 0 spiro atoms. The van der Waals surface area contributed by atoms with Crippen LogP contribution >= 0.6 is 0 Å². The average molecular weight is 244 g/mol. The Hall–Kier alpha value is -1.88. The summed E-state index contributed by atoms with van der Waals surface area (Å²) in [6.45, 7) is 1.02. The maximum Gasteiger partial charge on any atom is 0.154 e. The largest absolute Gasteiger partial charge is 0.496 e. The number of fused-ring (bicyclic) bond motifs is 1. The van der Waals surface area contributed by atoms with Gasteiger partial charge >= 0.3 is 0 Å². The standard InChI is InChI=1S/C13H16N4O/c1-18-10-6-2-4-8-11(10)12(16-17-13(8)14)9-5-3-7-15-9/h2,4,6,9,15H,3,5,7H2,1H3,(H2,14,17). The SMILES string of the molecule is COc1cccc2c(N)nnc(C3CCCN3)c12. The van der Waals surface area contributed by atoms with Crippen LogP contribution in [0, 0.1) is 0 Å². The van der Waals surface area contributed by atoms with Crippen molar-refractivity contribution in [3.63, 3.8) is 0 Å². The number of nitrogens with two attached hydrogens (primary N) is 1. The van der Waals surface area contributed by atoms with Crippen molar-refractivity contribution >= 4 is 16.6 Å². The third kappa shape index (κ3) is 1.67. The normalized spacial score (nSPS) is 19.3. The van der Waals surface area contributed by atoms with Crippen molar-refractivity contribution in [2.75, 3.05) is 19.4 Å². The Morgan fingerprint density at radius 1 is 1.39 bits per heavy atom. The monoisotopic (exact) mass is 244 g/mol. The van der Waals surface area contributed by atoms with Gasteiger partial charge in [0.1, 0.15) is 5.75 Å². The van der Waals surface area contributed by atoms with E-state index in [1.165, 1.54) is 0 Å². The number of aromatic nitrogens is 2. The van der Waals surface area contributed by atoms with Crippen molar-refractivity contribution in [1.82, 2.24) is 15.5 Å². The predicted octanol–water partition coefficient (Wildman–Crippen LogP) is 1.65. The molecule has 1 aromatic carbocycles. The van der Waals surface area contributed by atoms with E-state index in [0.717, 1.165) is 41.6 Å². The Morgan fingerprint density at radius 2 is 2.28 bits per heavy atom. The van der Waals surface area contributed by atoms with Crippen molar-refractivity contribution in [1.29, 1.82) is 0 Å². The quantitative estimate of drug-likeness (QED) is 0.840. The van der Waals surface area contributed by atoms with Gasteiger partial charge in [-0.2, -0.15) is 5.10 Å². The van der Waals surface area contributed by atoms with Crippen LogP contribution in [0.25, 0.3) is 10.8 Å². The number of ether oxygens (including phenoxy) is 1. The number of benzene rings is 1. The lowest BCUT2D eigenvalue weighted by molar-refractivity contribution is 0.419. The van der Waals surface area contributed by atoms with Gasteiger partial charge in [0.05, 0.1) is 24.2 Å². The highest BCUT2D eigenvalue weighted by Crippen LogP contribution is 2.35. The van der Waals surface area contributed by atoms with Crippen LogP contribution in [-0.4, -0.2) is 23.9 Å². The number of methoxy groups -OCH3 is 1. The first-order valence-electron chi connectivity index (χ1n) is 6.13. The summed E-state index contributed by atoms with van der Waals surface area (Å²) in [4.78, 5) is 0. The molecule has 0 radical (unpaired) electrons. The van der Waals surface area contributed by atoms with Gasteiger partial charge in [0.15, 0.2) is 5.82 Å². The molecule has 1 fully saturated rings. The van der Waals surface area contributed by atoms with Crippen LogP contribution in [0.3, 0.4) is 0 Å². The average Bonchev–Trinajstić information content (AvgIpc) is 2.92. The van der Waals surface area contributed by atoms with Crippen molar-refractivity contribution in [2.45, 2.75) is 18.9 Å². The second kappa shape index (κ2) is 4.42. The molecule has 1 aliphatic rings. The van der Waals surface area contributed by atoms with Gasteiger partial charge in [0.2, 0.25) is 0 Å². The molecule has 1 unspecified atom stereocenters. The summed E-state index contributed by atoms with van der Waals surface area (Å²) in [5.74, 6) is 1.25. The minimum atomic E-state index is 0.247. The third-order valence-electron chi connectivity index (χ3n) is 3.43. The number of nitrogens with zero attached hydrogens (tertiary/aromatic N) is 2. The second-order valence-corrected chi connectivity index (χ2v) is 4.50. The van der Waals surface area contributed by atoms with Crippen LogP contribution < -0.4 is 15.8 Å². The molecule has 0 saturated carbocycles. The predicted molar refractivity (Wildman–Crippen MR) is 70.5 cm³/mol. The van der Waals surface area contributed by atoms with Crippen molar-refractivity contribution in [2.24, 2.45) is 0 Å². The Kier molecular flexibility index (Phi) is 2.76. The van der Waals surface area contributed by atoms with E-state index in [1.807, 2.05) is 18.2 Å². The first-order chi connectivity index (χ1) is 8.81. The molecule has 5 nitrogen and oxygen atoms in total. The Labute approximate surface area is 105 Å². The number of rotatable bonds is 2. The van der Waals surface area contributed by atoms with E-state index in [9.17, 15) is 0 Å². The fraction of sp³-hybridized carbons (Fsp3) is 0.385. The van der Waals surface area contributed by atoms with E-state index in [1.54, 1.807) is 7.11 Å². The van der Waals surface area contributed by atoms with E-state index in [0.29, 0.717) is 5.82 Å². The van der Waals surface area contributed by atoms with Gasteiger partial charge in [0.25, 0.3) is 0 Å². The number of anilines is 1. The molecule has 18 heavy (non-hydrogen) atoms. The maximum atomic E-state index is 5.90. The van der Waals surface area contributed by atoms with Gasteiger partial charge in [-0.25, -0.2) is 0 Å². The van der Waals surface area contributed by atoms with Gasteiger partial charge in [-0.3, -0.25) is 0 Å². The van der Waals surface area contributed by atoms with Crippen LogP contribution in [0.4, 0.5) is 5.82 Å². The molecule has 2 heterocycles. The Morgan fingerprint density at radius 3 is 3.00 bits per heavy atom. The minimum Gasteiger partial charge on any atom is -0.496 e. The zero-order chi connectivity index (χ0) is 12.5. The van der Waals surface area contributed by atoms with Crippen LogP contribution in [0.5, 0.6) is 5.75 Å². The molecule has 1 saturated heterocycles. The van der Waals surface area contributed by atoms with Gasteiger partial charge < -0.3 is 15.8 Å². The topological polar surface area (TPSA) is 73.1 Å². The first kappa shape index (κ1) is 11.2. The molecular formula is C13H16N4O. The summed E-state index contributed by atoms with van der Waals surface area (Å²) in [5.41, 5.74) is 6.84. The van der Waals surface area contributed by atoms with Crippen molar-refractivity contribution in [3.05, 3.63) is 23.9 Å². The number of nitrogen functional groups attached to an aromatic ring is 1. The molecule has 5 heteroatoms. The van der Waals surface area contributed by atoms with Gasteiger partial charge in [-0.1, -0.05) is 12.1 Å². The third-order valence-corrected chi connectivity index (χ3v) is 3.43. The Bertz CT molecular complexity index is 578. The van der Waals surface area contributed by atoms with Crippen LogP contribution in [0.15, 0.2) is 18.2 Å². The molecule has 1 aromatic heterocycles. The number of hydrogen-bond donors (Lipinski definition) is 2. The minimum absolute atomic E-state index is 0.247. The van der Waals surface area contributed by atoms with Crippen LogP contribution in [0.1, 0.15) is 24.6 Å². The van der Waals surface area contributed by atoms with Crippen molar-refractivity contribution < 1.29 is 4.74 Å². The van der Waals surface area contributed by atoms with Crippen molar-refractivity contribution in [3.8, 4) is 5.75 Å². The molecule has 0 amide bonds. The Balaban J connectivity index is 2.27. The summed E-state index contributed by atoms with van der Waals surface area (Å²) in [5, 5.41) is 13.7. The lowest BCUT2D eigenvalue weighted by atomic mass is 10.0. The number of hydrogen-bond acceptors (Lipinski definition) is 5. The molecule has 0 aliphatic carbocycles. The summed E-state index contributed by atoms with van der Waals surface area (Å²) in [7, 11) is 1.66. The van der Waals surface area contributed by atoms with E-state index >= 15 is 0 Å². The zero-order valence-electron chi connectivity index (χ0n) is 10.3. The highest BCUT2D eigenvalue weighted by Gasteiger charge is 2.23. The summed E-state index contributed by atoms with van der Waals surface area (Å²) in [6.07, 6.45) is 2.24. The molecule has 1 atom stereocenters. The lowest BCUT2D eigenvalue weighted by Gasteiger charge is -2.15. The second-order valence-electron chi connectivity index (χ2n) is 4.50. The molecule has 94 valence electrons. The number of nitrogens with one attached hydrogen (secondary N) is 1.